The van der Waals surface area contributed by atoms with Gasteiger partial charge >= 0.3 is 16.4 Å². The molecule has 0 radical (unpaired) electrons. The van der Waals surface area contributed by atoms with Gasteiger partial charge in [0, 0.05) is 6.04 Å². The van der Waals surface area contributed by atoms with Gasteiger partial charge in [-0.3, -0.25) is 13.9 Å². The van der Waals surface area contributed by atoms with Crippen LogP contribution in [0.15, 0.2) is 42.5 Å². The molecule has 25 heavy (non-hydrogen) atoms. The first-order chi connectivity index (χ1) is 11.6. The van der Waals surface area contributed by atoms with Gasteiger partial charge in [0.1, 0.15) is 5.41 Å². The number of carbonyl (C=O) groups excluding carboxylic acids is 1. The number of rotatable bonds is 4. The number of likely N-dealkylation sites (N-methyl/N-ethyl adjacent to an activating group) is 1. The summed E-state index contributed by atoms with van der Waals surface area (Å²) in [6.45, 7) is 2.28. The van der Waals surface area contributed by atoms with E-state index in [0.29, 0.717) is 6.61 Å². The largest absolute Gasteiger partial charge is 0.465 e. The average Bonchev–Trinajstić information content (AvgIpc) is 2.54. The molecule has 0 fully saturated rings. The smallest absolute Gasteiger partial charge is 0.394 e. The van der Waals surface area contributed by atoms with Gasteiger partial charge < -0.3 is 9.64 Å². The molecule has 0 aliphatic heterocycles. The van der Waals surface area contributed by atoms with Crippen LogP contribution in [0.4, 0.5) is 0 Å². The summed E-state index contributed by atoms with van der Waals surface area (Å²) >= 11 is 0. The van der Waals surface area contributed by atoms with E-state index in [4.69, 9.17) is 22.3 Å². The van der Waals surface area contributed by atoms with E-state index in [1.165, 1.54) is 0 Å². The van der Waals surface area contributed by atoms with Crippen molar-refractivity contribution >= 4 is 16.4 Å². The summed E-state index contributed by atoms with van der Waals surface area (Å²) in [6.07, 6.45) is 5.98. The van der Waals surface area contributed by atoms with E-state index >= 15 is 0 Å². The molecule has 2 N–H and O–H groups in total. The van der Waals surface area contributed by atoms with Crippen LogP contribution >= 0.6 is 0 Å². The molecule has 0 amide bonds. The first kappa shape index (κ1) is 21.3. The van der Waals surface area contributed by atoms with Crippen LogP contribution in [-0.2, 0) is 25.3 Å². The summed E-state index contributed by atoms with van der Waals surface area (Å²) < 4.78 is 37.0. The van der Waals surface area contributed by atoms with Gasteiger partial charge in [0.05, 0.1) is 6.61 Å². The van der Waals surface area contributed by atoms with E-state index in [2.05, 4.69) is 17.1 Å². The van der Waals surface area contributed by atoms with E-state index < -0.39 is 15.8 Å². The number of hydrogen-bond donors (Lipinski definition) is 2. The van der Waals surface area contributed by atoms with Crippen molar-refractivity contribution in [3.63, 3.8) is 0 Å². The second-order valence-corrected chi connectivity index (χ2v) is 6.78. The van der Waals surface area contributed by atoms with Crippen molar-refractivity contribution in [3.8, 4) is 0 Å². The molecular formula is C17H25NO6S. The molecule has 2 rings (SSSR count). The zero-order valence-corrected chi connectivity index (χ0v) is 15.4. The van der Waals surface area contributed by atoms with E-state index in [9.17, 15) is 4.79 Å². The summed E-state index contributed by atoms with van der Waals surface area (Å²) in [6, 6.07) is 10.0. The number of benzene rings is 1. The molecule has 0 saturated carbocycles. The Morgan fingerprint density at radius 3 is 2.32 bits per heavy atom. The number of esters is 1. The Kier molecular flexibility index (Phi) is 7.75. The fraction of sp³-hybridized carbons (Fsp3) is 0.471. The predicted octanol–water partition coefficient (Wildman–Crippen LogP) is 2.11. The summed E-state index contributed by atoms with van der Waals surface area (Å²) in [4.78, 5) is 14.8. The van der Waals surface area contributed by atoms with Crippen molar-refractivity contribution in [2.24, 2.45) is 0 Å². The topological polar surface area (TPSA) is 104 Å². The highest BCUT2D eigenvalue weighted by atomic mass is 32.3. The second-order valence-electron chi connectivity index (χ2n) is 5.88. The molecule has 1 aliphatic rings. The van der Waals surface area contributed by atoms with Crippen LogP contribution in [0.1, 0.15) is 25.3 Å². The van der Waals surface area contributed by atoms with Crippen LogP contribution in [-0.4, -0.2) is 55.1 Å². The third kappa shape index (κ3) is 5.93. The van der Waals surface area contributed by atoms with Crippen LogP contribution in [0.25, 0.3) is 0 Å². The minimum atomic E-state index is -4.67. The standard InChI is InChI=1S/C17H23NO2.H2O4S/c1-4-20-16(19)17(14-10-6-5-7-11-14)13-9-8-12-15(17)18(2)3;1-5(2,3)4/h5-8,10-12,15H,4,9,13H2,1-3H3;(H2,1,2,3,4)/t15-,17+;/m1./s1. The summed E-state index contributed by atoms with van der Waals surface area (Å²) in [5.41, 5.74) is 0.441. The van der Waals surface area contributed by atoms with Crippen LogP contribution < -0.4 is 0 Å². The maximum absolute atomic E-state index is 12.8. The average molecular weight is 371 g/mol. The quantitative estimate of drug-likeness (QED) is 0.474. The number of allylic oxidation sites excluding steroid dienone is 1. The summed E-state index contributed by atoms with van der Waals surface area (Å²) in [5.74, 6) is -0.116. The lowest BCUT2D eigenvalue weighted by atomic mass is 9.68. The highest BCUT2D eigenvalue weighted by Crippen LogP contribution is 2.40. The molecule has 0 aromatic heterocycles. The normalized spacial score (nSPS) is 22.9. The van der Waals surface area contributed by atoms with Crippen LogP contribution in [0.2, 0.25) is 0 Å². The first-order valence-corrected chi connectivity index (χ1v) is 9.28. The van der Waals surface area contributed by atoms with Gasteiger partial charge in [0.15, 0.2) is 0 Å². The monoisotopic (exact) mass is 371 g/mol. The zero-order chi connectivity index (χ0) is 19.1. The SMILES string of the molecule is CCOC(=O)[C@]1(c2ccccc2)CCC=C[C@H]1N(C)C.O=S(=O)(O)O. The minimum absolute atomic E-state index is 0.0256. The molecule has 0 heterocycles. The fourth-order valence-corrected chi connectivity index (χ4v) is 3.11. The van der Waals surface area contributed by atoms with Crippen LogP contribution in [0.3, 0.4) is 0 Å². The van der Waals surface area contributed by atoms with E-state index in [1.54, 1.807) is 0 Å². The molecule has 1 aromatic carbocycles. The Labute approximate surface area is 148 Å². The van der Waals surface area contributed by atoms with E-state index in [1.807, 2.05) is 51.4 Å². The highest BCUT2D eigenvalue weighted by molar-refractivity contribution is 7.79. The highest BCUT2D eigenvalue weighted by Gasteiger charge is 2.49. The maximum Gasteiger partial charge on any atom is 0.394 e. The minimum Gasteiger partial charge on any atom is -0.465 e. The Hall–Kier alpha value is -1.74. The van der Waals surface area contributed by atoms with Gasteiger partial charge in [0.2, 0.25) is 0 Å². The van der Waals surface area contributed by atoms with Gasteiger partial charge in [-0.15, -0.1) is 0 Å². The van der Waals surface area contributed by atoms with Crippen molar-refractivity contribution in [3.05, 3.63) is 48.0 Å². The number of nitrogens with zero attached hydrogens (tertiary/aromatic N) is 1. The van der Waals surface area contributed by atoms with Crippen molar-refractivity contribution in [1.82, 2.24) is 4.90 Å². The van der Waals surface area contributed by atoms with Gasteiger partial charge in [-0.25, -0.2) is 0 Å². The molecule has 140 valence electrons. The lowest BCUT2D eigenvalue weighted by Crippen LogP contribution is -2.54. The molecule has 8 heteroatoms. The van der Waals surface area contributed by atoms with Crippen molar-refractivity contribution in [2.45, 2.75) is 31.2 Å². The molecule has 0 spiro atoms. The van der Waals surface area contributed by atoms with Crippen LogP contribution in [0, 0.1) is 0 Å². The van der Waals surface area contributed by atoms with Crippen molar-refractivity contribution < 1.29 is 27.1 Å². The predicted molar refractivity (Wildman–Crippen MR) is 94.8 cm³/mol. The molecule has 0 unspecified atom stereocenters. The maximum atomic E-state index is 12.8. The van der Waals surface area contributed by atoms with E-state index in [-0.39, 0.29) is 12.0 Å². The van der Waals surface area contributed by atoms with Crippen molar-refractivity contribution in [2.75, 3.05) is 20.7 Å². The molecule has 7 nitrogen and oxygen atoms in total. The second kappa shape index (κ2) is 9.10. The number of hydrogen-bond acceptors (Lipinski definition) is 5. The van der Waals surface area contributed by atoms with Gasteiger partial charge in [0.25, 0.3) is 0 Å². The summed E-state index contributed by atoms with van der Waals surface area (Å²) in [7, 11) is -0.644. The Morgan fingerprint density at radius 1 is 1.28 bits per heavy atom. The first-order valence-electron chi connectivity index (χ1n) is 7.88. The molecule has 0 bridgehead atoms. The lowest BCUT2D eigenvalue weighted by molar-refractivity contribution is -0.152. The molecule has 0 saturated heterocycles. The third-order valence-corrected chi connectivity index (χ3v) is 4.01. The zero-order valence-electron chi connectivity index (χ0n) is 14.6. The van der Waals surface area contributed by atoms with Gasteiger partial charge in [-0.1, -0.05) is 42.5 Å². The third-order valence-electron chi connectivity index (χ3n) is 4.01. The fourth-order valence-electron chi connectivity index (χ4n) is 3.11. The lowest BCUT2D eigenvalue weighted by Gasteiger charge is -2.42. The van der Waals surface area contributed by atoms with Gasteiger partial charge in [-0.2, -0.15) is 8.42 Å². The summed E-state index contributed by atoms with van der Waals surface area (Å²) in [5, 5.41) is 0. The molecule has 1 aliphatic carbocycles. The van der Waals surface area contributed by atoms with E-state index in [0.717, 1.165) is 18.4 Å². The van der Waals surface area contributed by atoms with Crippen molar-refractivity contribution in [1.29, 1.82) is 0 Å². The number of ether oxygens (including phenoxy) is 1. The molecule has 2 atom stereocenters. The Balaban J connectivity index is 0.000000550. The Bertz CT molecular complexity index is 678. The Morgan fingerprint density at radius 2 is 1.84 bits per heavy atom. The molecule has 1 aromatic rings. The van der Waals surface area contributed by atoms with Crippen LogP contribution in [0.5, 0.6) is 0 Å². The van der Waals surface area contributed by atoms with Gasteiger partial charge in [-0.05, 0) is 39.4 Å². The molecular weight excluding hydrogens is 346 g/mol. The number of carbonyl (C=O) groups is 1.